The molecule has 4 heteroatoms. The summed E-state index contributed by atoms with van der Waals surface area (Å²) in [5.41, 5.74) is 7.47. The number of halogens is 1. The van der Waals surface area contributed by atoms with Gasteiger partial charge in [-0.05, 0) is 52.4 Å². The van der Waals surface area contributed by atoms with Crippen LogP contribution in [0.15, 0.2) is 34.4 Å². The first-order valence-corrected chi connectivity index (χ1v) is 7.54. The highest BCUT2D eigenvalue weighted by Gasteiger charge is 2.29. The lowest BCUT2D eigenvalue weighted by Gasteiger charge is -2.07. The van der Waals surface area contributed by atoms with Crippen LogP contribution >= 0.6 is 27.3 Å². The Morgan fingerprint density at radius 1 is 1.53 bits per heavy atom. The van der Waals surface area contributed by atoms with Crippen molar-refractivity contribution in [1.82, 2.24) is 4.57 Å². The van der Waals surface area contributed by atoms with E-state index in [1.165, 1.54) is 27.8 Å². The van der Waals surface area contributed by atoms with E-state index >= 15 is 0 Å². The van der Waals surface area contributed by atoms with E-state index in [9.17, 15) is 0 Å². The van der Waals surface area contributed by atoms with Crippen molar-refractivity contribution < 1.29 is 0 Å². The SMILES string of the molecule is NC(c1ccn(Cc2cc(Br)cs2)c1)C1CC1. The quantitative estimate of drug-likeness (QED) is 0.915. The Labute approximate surface area is 114 Å². The summed E-state index contributed by atoms with van der Waals surface area (Å²) in [4.78, 5) is 1.36. The fourth-order valence-electron chi connectivity index (χ4n) is 2.10. The topological polar surface area (TPSA) is 30.9 Å². The first-order valence-electron chi connectivity index (χ1n) is 5.86. The third-order valence-electron chi connectivity index (χ3n) is 3.25. The summed E-state index contributed by atoms with van der Waals surface area (Å²) in [7, 11) is 0. The molecule has 0 spiro atoms. The highest BCUT2D eigenvalue weighted by atomic mass is 79.9. The molecule has 2 N–H and O–H groups in total. The summed E-state index contributed by atoms with van der Waals surface area (Å²) in [5.74, 6) is 0.724. The van der Waals surface area contributed by atoms with E-state index < -0.39 is 0 Å². The summed E-state index contributed by atoms with van der Waals surface area (Å²) in [6.07, 6.45) is 6.91. The number of aromatic nitrogens is 1. The van der Waals surface area contributed by atoms with Gasteiger partial charge in [-0.2, -0.15) is 0 Å². The van der Waals surface area contributed by atoms with Gasteiger partial charge in [0.1, 0.15) is 0 Å². The van der Waals surface area contributed by atoms with Gasteiger partial charge in [0, 0.05) is 33.2 Å². The van der Waals surface area contributed by atoms with Crippen molar-refractivity contribution in [2.75, 3.05) is 0 Å². The number of hydrogen-bond donors (Lipinski definition) is 1. The second-order valence-corrected chi connectivity index (χ2v) is 6.62. The number of thiophene rings is 1. The maximum atomic E-state index is 6.19. The average Bonchev–Trinajstić information content (AvgIpc) is 2.93. The van der Waals surface area contributed by atoms with Gasteiger partial charge < -0.3 is 10.3 Å². The maximum Gasteiger partial charge on any atom is 0.0564 e. The maximum absolute atomic E-state index is 6.19. The van der Waals surface area contributed by atoms with Crippen LogP contribution in [0.3, 0.4) is 0 Å². The largest absolute Gasteiger partial charge is 0.349 e. The summed E-state index contributed by atoms with van der Waals surface area (Å²) >= 11 is 5.26. The van der Waals surface area contributed by atoms with Gasteiger partial charge in [-0.15, -0.1) is 11.3 Å². The lowest BCUT2D eigenvalue weighted by Crippen LogP contribution is -2.11. The molecule has 2 aromatic rings. The third kappa shape index (κ3) is 2.64. The Balaban J connectivity index is 1.71. The van der Waals surface area contributed by atoms with Crippen molar-refractivity contribution in [3.8, 4) is 0 Å². The first-order chi connectivity index (χ1) is 8.22. The van der Waals surface area contributed by atoms with Gasteiger partial charge >= 0.3 is 0 Å². The van der Waals surface area contributed by atoms with Crippen LogP contribution in [0.2, 0.25) is 0 Å². The number of rotatable bonds is 4. The molecular weight excluding hydrogens is 296 g/mol. The van der Waals surface area contributed by atoms with E-state index in [0.29, 0.717) is 0 Å². The molecule has 0 aromatic carbocycles. The zero-order valence-electron chi connectivity index (χ0n) is 9.47. The lowest BCUT2D eigenvalue weighted by atomic mass is 10.1. The predicted molar refractivity (Wildman–Crippen MR) is 75.2 cm³/mol. The highest BCUT2D eigenvalue weighted by Crippen LogP contribution is 2.39. The molecule has 2 nitrogen and oxygen atoms in total. The molecule has 0 radical (unpaired) electrons. The molecule has 1 unspecified atom stereocenters. The van der Waals surface area contributed by atoms with E-state index in [0.717, 1.165) is 12.5 Å². The highest BCUT2D eigenvalue weighted by molar-refractivity contribution is 9.10. The van der Waals surface area contributed by atoms with Crippen LogP contribution in [0.25, 0.3) is 0 Å². The Kier molecular flexibility index (Phi) is 3.11. The van der Waals surface area contributed by atoms with Crippen LogP contribution in [0.1, 0.15) is 29.3 Å². The lowest BCUT2D eigenvalue weighted by molar-refractivity contribution is 0.631. The van der Waals surface area contributed by atoms with Gasteiger partial charge in [-0.1, -0.05) is 0 Å². The van der Waals surface area contributed by atoms with E-state index in [2.05, 4.69) is 50.4 Å². The van der Waals surface area contributed by atoms with Crippen molar-refractivity contribution >= 4 is 27.3 Å². The summed E-state index contributed by atoms with van der Waals surface area (Å²) < 4.78 is 3.38. The van der Waals surface area contributed by atoms with Gasteiger partial charge in [-0.3, -0.25) is 0 Å². The minimum Gasteiger partial charge on any atom is -0.349 e. The second-order valence-electron chi connectivity index (χ2n) is 4.71. The Morgan fingerprint density at radius 2 is 2.35 bits per heavy atom. The molecule has 17 heavy (non-hydrogen) atoms. The molecule has 1 atom stereocenters. The molecule has 1 fully saturated rings. The minimum atomic E-state index is 0.242. The normalized spacial score (nSPS) is 17.3. The fraction of sp³-hybridized carbons (Fsp3) is 0.385. The minimum absolute atomic E-state index is 0.242. The molecule has 2 aromatic heterocycles. The van der Waals surface area contributed by atoms with Gasteiger partial charge in [0.25, 0.3) is 0 Å². The van der Waals surface area contributed by atoms with E-state index in [1.54, 1.807) is 11.3 Å². The molecule has 1 aliphatic rings. The third-order valence-corrected chi connectivity index (χ3v) is 4.93. The second kappa shape index (κ2) is 4.59. The smallest absolute Gasteiger partial charge is 0.0564 e. The van der Waals surface area contributed by atoms with E-state index in [-0.39, 0.29) is 6.04 Å². The Hall–Kier alpha value is -0.580. The number of nitrogens with two attached hydrogens (primary N) is 1. The standard InChI is InChI=1S/C13H15BrN2S/c14-11-5-12(17-8-11)7-16-4-3-10(6-16)13(15)9-1-2-9/h3-6,8-9,13H,1-2,7,15H2. The van der Waals surface area contributed by atoms with Crippen molar-refractivity contribution in [3.05, 3.63) is 44.8 Å². The van der Waals surface area contributed by atoms with Crippen LogP contribution in [-0.2, 0) is 6.54 Å². The predicted octanol–water partition coefficient (Wildman–Crippen LogP) is 3.77. The molecule has 0 saturated heterocycles. The summed E-state index contributed by atoms with van der Waals surface area (Å²) in [6.45, 7) is 0.938. The van der Waals surface area contributed by atoms with Gasteiger partial charge in [0.2, 0.25) is 0 Å². The van der Waals surface area contributed by atoms with Crippen LogP contribution in [-0.4, -0.2) is 4.57 Å². The van der Waals surface area contributed by atoms with E-state index in [4.69, 9.17) is 5.73 Å². The molecule has 1 saturated carbocycles. The molecule has 0 amide bonds. The summed E-state index contributed by atoms with van der Waals surface area (Å²) in [5, 5.41) is 2.12. The van der Waals surface area contributed by atoms with Crippen LogP contribution in [0.4, 0.5) is 0 Å². The molecule has 2 heterocycles. The fourth-order valence-corrected chi connectivity index (χ4v) is 3.56. The number of hydrogen-bond acceptors (Lipinski definition) is 2. The van der Waals surface area contributed by atoms with Gasteiger partial charge in [0.05, 0.1) is 6.54 Å². The van der Waals surface area contributed by atoms with Crippen molar-refractivity contribution in [1.29, 1.82) is 0 Å². The molecule has 1 aliphatic carbocycles. The summed E-state index contributed by atoms with van der Waals surface area (Å²) in [6, 6.07) is 4.57. The van der Waals surface area contributed by atoms with Crippen LogP contribution in [0.5, 0.6) is 0 Å². The van der Waals surface area contributed by atoms with Gasteiger partial charge in [0.15, 0.2) is 0 Å². The van der Waals surface area contributed by atoms with E-state index in [1.807, 2.05) is 0 Å². The zero-order valence-corrected chi connectivity index (χ0v) is 11.9. The molecule has 0 bridgehead atoms. The molecular formula is C13H15BrN2S. The average molecular weight is 311 g/mol. The van der Waals surface area contributed by atoms with Crippen molar-refractivity contribution in [2.45, 2.75) is 25.4 Å². The number of nitrogens with zero attached hydrogens (tertiary/aromatic N) is 1. The monoisotopic (exact) mass is 310 g/mol. The molecule has 3 rings (SSSR count). The van der Waals surface area contributed by atoms with Gasteiger partial charge in [-0.25, -0.2) is 0 Å². The van der Waals surface area contributed by atoms with Crippen LogP contribution in [0, 0.1) is 5.92 Å². The zero-order chi connectivity index (χ0) is 11.8. The molecule has 90 valence electrons. The Morgan fingerprint density at radius 3 is 3.00 bits per heavy atom. The first kappa shape index (κ1) is 11.5. The van der Waals surface area contributed by atoms with Crippen LogP contribution < -0.4 is 5.73 Å². The molecule has 0 aliphatic heterocycles. The van der Waals surface area contributed by atoms with Crippen molar-refractivity contribution in [2.24, 2.45) is 11.7 Å². The van der Waals surface area contributed by atoms with Crippen molar-refractivity contribution in [3.63, 3.8) is 0 Å². The Bertz CT molecular complexity index is 513.